The topological polar surface area (TPSA) is 70.7 Å². The number of rotatable bonds is 5. The van der Waals surface area contributed by atoms with Gasteiger partial charge in [0, 0.05) is 22.9 Å². The zero-order chi connectivity index (χ0) is 17.8. The Bertz CT molecular complexity index is 1010. The number of benzene rings is 2. The number of H-pyrrole nitrogens is 1. The summed E-state index contributed by atoms with van der Waals surface area (Å²) in [4.78, 5) is 25.3. The van der Waals surface area contributed by atoms with Gasteiger partial charge in [0.15, 0.2) is 0 Å². The predicted octanol–water partition coefficient (Wildman–Crippen LogP) is 4.36. The van der Waals surface area contributed by atoms with Gasteiger partial charge in [0.05, 0.1) is 22.5 Å². The molecule has 128 valence electrons. The van der Waals surface area contributed by atoms with Crippen molar-refractivity contribution in [3.05, 3.63) is 73.1 Å². The number of hydrogen-bond donors (Lipinski definition) is 2. The normalized spacial score (nSPS) is 10.8. The number of para-hydroxylation sites is 3. The fraction of sp³-hybridized carbons (Fsp3) is 0.0500. The number of nitrogens with zero attached hydrogens (tertiary/aromatic N) is 2. The molecular weight excluding hydrogens is 344 g/mol. The Balaban J connectivity index is 1.53. The van der Waals surface area contributed by atoms with Crippen LogP contribution in [0.15, 0.2) is 78.0 Å². The summed E-state index contributed by atoms with van der Waals surface area (Å²) >= 11 is 1.48. The summed E-state index contributed by atoms with van der Waals surface area (Å²) in [5, 5.41) is 2.99. The summed E-state index contributed by atoms with van der Waals surface area (Å²) in [7, 11) is 0. The molecule has 2 heterocycles. The van der Waals surface area contributed by atoms with E-state index in [0.717, 1.165) is 33.0 Å². The van der Waals surface area contributed by atoms with E-state index in [1.54, 1.807) is 12.4 Å². The Morgan fingerprint density at radius 1 is 1.00 bits per heavy atom. The molecule has 0 saturated carbocycles. The first kappa shape index (κ1) is 16.4. The average molecular weight is 360 g/mol. The monoisotopic (exact) mass is 360 g/mol. The molecule has 2 aromatic carbocycles. The number of fused-ring (bicyclic) bond motifs is 1. The number of pyridine rings is 1. The number of imidazole rings is 1. The fourth-order valence-corrected chi connectivity index (χ4v) is 3.33. The van der Waals surface area contributed by atoms with Crippen LogP contribution in [0.4, 0.5) is 5.69 Å². The molecule has 0 unspecified atom stereocenters. The Hall–Kier alpha value is -3.12. The molecular formula is C20H16N4OS. The number of carbonyl (C=O) groups excluding carboxylic acids is 1. The van der Waals surface area contributed by atoms with Gasteiger partial charge in [-0.05, 0) is 36.4 Å². The molecule has 2 N–H and O–H groups in total. The van der Waals surface area contributed by atoms with E-state index in [-0.39, 0.29) is 5.91 Å². The third-order valence-electron chi connectivity index (χ3n) is 3.87. The van der Waals surface area contributed by atoms with Crippen LogP contribution in [-0.4, -0.2) is 26.6 Å². The summed E-state index contributed by atoms with van der Waals surface area (Å²) in [5.41, 5.74) is 3.48. The third-order valence-corrected chi connectivity index (χ3v) is 4.88. The standard InChI is InChI=1S/C20H16N4OS/c25-19(13-26-14-9-11-21-12-10-14)22-16-6-2-1-5-15(16)20-23-17-7-3-4-8-18(17)24-20/h1-12H,13H2,(H,22,25)(H,23,24). The first-order valence-corrected chi connectivity index (χ1v) is 9.15. The average Bonchev–Trinajstić information content (AvgIpc) is 3.12. The molecule has 0 spiro atoms. The maximum Gasteiger partial charge on any atom is 0.234 e. The van der Waals surface area contributed by atoms with Gasteiger partial charge in [0.25, 0.3) is 0 Å². The lowest BCUT2D eigenvalue weighted by Gasteiger charge is -2.09. The Labute approximate surface area is 154 Å². The van der Waals surface area contributed by atoms with Crippen LogP contribution in [0.25, 0.3) is 22.4 Å². The number of aromatic amines is 1. The fourth-order valence-electron chi connectivity index (χ4n) is 2.65. The lowest BCUT2D eigenvalue weighted by Crippen LogP contribution is -2.14. The van der Waals surface area contributed by atoms with E-state index in [1.165, 1.54) is 11.8 Å². The summed E-state index contributed by atoms with van der Waals surface area (Å²) in [6.07, 6.45) is 3.44. The van der Waals surface area contributed by atoms with E-state index in [4.69, 9.17) is 0 Å². The number of nitrogens with one attached hydrogen (secondary N) is 2. The number of hydrogen-bond acceptors (Lipinski definition) is 4. The first-order valence-electron chi connectivity index (χ1n) is 8.16. The van der Waals surface area contributed by atoms with Crippen molar-refractivity contribution in [2.45, 2.75) is 4.90 Å². The van der Waals surface area contributed by atoms with Crippen molar-refractivity contribution in [3.63, 3.8) is 0 Å². The van der Waals surface area contributed by atoms with Crippen LogP contribution in [0.5, 0.6) is 0 Å². The van der Waals surface area contributed by atoms with Gasteiger partial charge in [0.2, 0.25) is 5.91 Å². The van der Waals surface area contributed by atoms with E-state index in [2.05, 4.69) is 20.3 Å². The van der Waals surface area contributed by atoms with Crippen molar-refractivity contribution in [1.82, 2.24) is 15.0 Å². The van der Waals surface area contributed by atoms with Gasteiger partial charge in [0.1, 0.15) is 5.82 Å². The second-order valence-corrected chi connectivity index (χ2v) is 6.72. The highest BCUT2D eigenvalue weighted by Crippen LogP contribution is 2.28. The summed E-state index contributed by atoms with van der Waals surface area (Å²) in [5.74, 6) is 1.01. The minimum absolute atomic E-state index is 0.0598. The molecule has 0 bridgehead atoms. The van der Waals surface area contributed by atoms with Gasteiger partial charge in [-0.2, -0.15) is 0 Å². The quantitative estimate of drug-likeness (QED) is 0.519. The highest BCUT2D eigenvalue weighted by Gasteiger charge is 2.12. The number of amides is 1. The smallest absolute Gasteiger partial charge is 0.234 e. The molecule has 5 nitrogen and oxygen atoms in total. The third kappa shape index (κ3) is 3.60. The molecule has 0 aliphatic carbocycles. The van der Waals surface area contributed by atoms with E-state index in [9.17, 15) is 4.79 Å². The van der Waals surface area contributed by atoms with Gasteiger partial charge in [-0.15, -0.1) is 11.8 Å². The number of carbonyl (C=O) groups is 1. The number of aromatic nitrogens is 3. The van der Waals surface area contributed by atoms with Crippen molar-refractivity contribution >= 4 is 34.4 Å². The Morgan fingerprint density at radius 3 is 2.62 bits per heavy atom. The number of anilines is 1. The van der Waals surface area contributed by atoms with Crippen LogP contribution in [0, 0.1) is 0 Å². The largest absolute Gasteiger partial charge is 0.338 e. The minimum Gasteiger partial charge on any atom is -0.338 e. The van der Waals surface area contributed by atoms with Crippen molar-refractivity contribution in [2.75, 3.05) is 11.1 Å². The van der Waals surface area contributed by atoms with E-state index < -0.39 is 0 Å². The molecule has 26 heavy (non-hydrogen) atoms. The zero-order valence-electron chi connectivity index (χ0n) is 13.8. The van der Waals surface area contributed by atoms with Crippen molar-refractivity contribution in [3.8, 4) is 11.4 Å². The van der Waals surface area contributed by atoms with Gasteiger partial charge in [-0.3, -0.25) is 9.78 Å². The lowest BCUT2D eigenvalue weighted by atomic mass is 10.1. The van der Waals surface area contributed by atoms with Crippen LogP contribution in [0.3, 0.4) is 0 Å². The van der Waals surface area contributed by atoms with Crippen molar-refractivity contribution in [2.24, 2.45) is 0 Å². The zero-order valence-corrected chi connectivity index (χ0v) is 14.7. The molecule has 4 rings (SSSR count). The van der Waals surface area contributed by atoms with Crippen LogP contribution < -0.4 is 5.32 Å². The maximum atomic E-state index is 12.4. The van der Waals surface area contributed by atoms with Crippen LogP contribution in [0.2, 0.25) is 0 Å². The van der Waals surface area contributed by atoms with Gasteiger partial charge in [-0.1, -0.05) is 24.3 Å². The van der Waals surface area contributed by atoms with E-state index in [0.29, 0.717) is 5.75 Å². The first-order chi connectivity index (χ1) is 12.8. The Kier molecular flexibility index (Phi) is 4.66. The molecule has 2 aromatic heterocycles. The van der Waals surface area contributed by atoms with Crippen LogP contribution in [-0.2, 0) is 4.79 Å². The lowest BCUT2D eigenvalue weighted by molar-refractivity contribution is -0.113. The predicted molar refractivity (Wildman–Crippen MR) is 105 cm³/mol. The van der Waals surface area contributed by atoms with Gasteiger partial charge >= 0.3 is 0 Å². The molecule has 0 fully saturated rings. The van der Waals surface area contributed by atoms with E-state index in [1.807, 2.05) is 60.7 Å². The van der Waals surface area contributed by atoms with Gasteiger partial charge < -0.3 is 10.3 Å². The molecule has 1 amide bonds. The summed E-state index contributed by atoms with van der Waals surface area (Å²) in [6, 6.07) is 19.3. The van der Waals surface area contributed by atoms with Gasteiger partial charge in [-0.25, -0.2) is 4.98 Å². The molecule has 4 aromatic rings. The highest BCUT2D eigenvalue weighted by atomic mass is 32.2. The minimum atomic E-state index is -0.0598. The second-order valence-electron chi connectivity index (χ2n) is 5.67. The molecule has 0 aliphatic rings. The second kappa shape index (κ2) is 7.41. The molecule has 0 saturated heterocycles. The van der Waals surface area contributed by atoms with Crippen LogP contribution in [0.1, 0.15) is 0 Å². The molecule has 0 aliphatic heterocycles. The molecule has 0 radical (unpaired) electrons. The summed E-state index contributed by atoms with van der Waals surface area (Å²) in [6.45, 7) is 0. The molecule has 0 atom stereocenters. The van der Waals surface area contributed by atoms with Crippen molar-refractivity contribution < 1.29 is 4.79 Å². The highest BCUT2D eigenvalue weighted by molar-refractivity contribution is 8.00. The van der Waals surface area contributed by atoms with Crippen LogP contribution >= 0.6 is 11.8 Å². The van der Waals surface area contributed by atoms with E-state index >= 15 is 0 Å². The maximum absolute atomic E-state index is 12.4. The number of thioether (sulfide) groups is 1. The molecule has 6 heteroatoms. The Morgan fingerprint density at radius 2 is 1.77 bits per heavy atom. The SMILES string of the molecule is O=C(CSc1ccncc1)Nc1ccccc1-c1nc2ccccc2[nH]1. The van der Waals surface area contributed by atoms with Crippen molar-refractivity contribution in [1.29, 1.82) is 0 Å². The summed E-state index contributed by atoms with van der Waals surface area (Å²) < 4.78 is 0.